The smallest absolute Gasteiger partial charge is 0.131 e. The average molecular weight is 421 g/mol. The van der Waals surface area contributed by atoms with E-state index in [4.69, 9.17) is 14.2 Å². The number of benzene rings is 2. The molecule has 3 rings (SSSR count). The Morgan fingerprint density at radius 2 is 1.43 bits per heavy atom. The molecule has 3 nitrogen and oxygen atoms in total. The van der Waals surface area contributed by atoms with E-state index in [0.29, 0.717) is 0 Å². The minimum absolute atomic E-state index is 0. The maximum Gasteiger partial charge on any atom is 0.131 e. The van der Waals surface area contributed by atoms with Gasteiger partial charge in [-0.2, -0.15) is 13.5 Å². The molecule has 0 unspecified atom stereocenters. The largest absolute Gasteiger partial charge is 0.490 e. The van der Waals surface area contributed by atoms with Crippen molar-refractivity contribution in [3.05, 3.63) is 36.4 Å². The molecule has 5 heteroatoms. The maximum absolute atomic E-state index is 6.19. The van der Waals surface area contributed by atoms with Crippen LogP contribution in [-0.2, 0) is 0 Å². The molecule has 0 amide bonds. The summed E-state index contributed by atoms with van der Waals surface area (Å²) in [7, 11) is -0.445. The number of hydrogen-bond acceptors (Lipinski definition) is 3. The molecule has 154 valence electrons. The van der Waals surface area contributed by atoms with Crippen LogP contribution >= 0.6 is 21.4 Å². The van der Waals surface area contributed by atoms with Crippen molar-refractivity contribution in [2.24, 2.45) is 0 Å². The molecule has 0 fully saturated rings. The van der Waals surface area contributed by atoms with E-state index >= 15 is 0 Å². The van der Waals surface area contributed by atoms with Crippen LogP contribution in [0.3, 0.4) is 0 Å². The van der Waals surface area contributed by atoms with Gasteiger partial charge in [0, 0.05) is 10.9 Å². The summed E-state index contributed by atoms with van der Waals surface area (Å²) >= 11 is 0. The van der Waals surface area contributed by atoms with Gasteiger partial charge >= 0.3 is 0 Å². The Hall–Kier alpha value is -1.38. The lowest BCUT2D eigenvalue weighted by Crippen LogP contribution is -2.19. The summed E-state index contributed by atoms with van der Waals surface area (Å²) in [6, 6.07) is 12.4. The second kappa shape index (κ2) is 8.97. The molecule has 1 atom stereocenters. The maximum atomic E-state index is 6.19. The second-order valence-corrected chi connectivity index (χ2v) is 11.4. The first-order chi connectivity index (χ1) is 12.7. The van der Waals surface area contributed by atoms with E-state index in [0.717, 1.165) is 29.2 Å². The van der Waals surface area contributed by atoms with Crippen LogP contribution in [0.15, 0.2) is 36.4 Å². The van der Waals surface area contributed by atoms with E-state index in [1.54, 1.807) is 0 Å². The van der Waals surface area contributed by atoms with Crippen molar-refractivity contribution in [2.45, 2.75) is 65.8 Å². The molecule has 0 spiro atoms. The highest BCUT2D eigenvalue weighted by molar-refractivity contribution is 7.67. The highest BCUT2D eigenvalue weighted by Crippen LogP contribution is 2.57. The Balaban J connectivity index is 0.00000280. The quantitative estimate of drug-likeness (QED) is 0.532. The van der Waals surface area contributed by atoms with Gasteiger partial charge in [-0.1, -0.05) is 39.0 Å². The van der Waals surface area contributed by atoms with Gasteiger partial charge in [0.2, 0.25) is 0 Å². The van der Waals surface area contributed by atoms with Crippen molar-refractivity contribution < 1.29 is 14.2 Å². The van der Waals surface area contributed by atoms with Gasteiger partial charge in [-0.05, 0) is 59.0 Å². The predicted molar refractivity (Wildman–Crippen MR) is 126 cm³/mol. The molecule has 2 aromatic carbocycles. The van der Waals surface area contributed by atoms with Crippen LogP contribution in [0.1, 0.15) is 48.5 Å². The van der Waals surface area contributed by atoms with Gasteiger partial charge in [-0.25, -0.2) is 0 Å². The van der Waals surface area contributed by atoms with Crippen LogP contribution in [0.25, 0.3) is 11.1 Å². The zero-order chi connectivity index (χ0) is 19.8. The van der Waals surface area contributed by atoms with Crippen LogP contribution in [0.2, 0.25) is 0 Å². The van der Waals surface area contributed by atoms with Crippen molar-refractivity contribution in [3.63, 3.8) is 0 Å². The zero-order valence-corrected chi connectivity index (χ0v) is 19.9. The Morgan fingerprint density at radius 1 is 0.893 bits per heavy atom. The monoisotopic (exact) mass is 420 g/mol. The summed E-state index contributed by atoms with van der Waals surface area (Å²) < 4.78 is 18.5. The third kappa shape index (κ3) is 4.78. The lowest BCUT2D eigenvalue weighted by atomic mass is 10.0. The topological polar surface area (TPSA) is 27.7 Å². The van der Waals surface area contributed by atoms with Gasteiger partial charge in [-0.15, -0.1) is 0 Å². The lowest BCUT2D eigenvalue weighted by molar-refractivity contribution is 0.231. The van der Waals surface area contributed by atoms with E-state index in [-0.39, 0.29) is 30.9 Å². The van der Waals surface area contributed by atoms with Gasteiger partial charge < -0.3 is 14.2 Å². The van der Waals surface area contributed by atoms with Crippen molar-refractivity contribution in [1.82, 2.24) is 0 Å². The van der Waals surface area contributed by atoms with Crippen LogP contribution in [0, 0.1) is 0 Å². The average Bonchev–Trinajstić information content (AvgIpc) is 2.98. The van der Waals surface area contributed by atoms with Gasteiger partial charge in [0.1, 0.15) is 23.6 Å². The summed E-state index contributed by atoms with van der Waals surface area (Å²) in [6.45, 7) is 15.1. The molecular formula is C23H33O3PS. The number of ether oxygens (including phenoxy) is 3. The highest BCUT2D eigenvalue weighted by atomic mass is 32.1. The third-order valence-corrected chi connectivity index (χ3v) is 7.42. The van der Waals surface area contributed by atoms with Gasteiger partial charge in [0.25, 0.3) is 0 Å². The zero-order valence-electron chi connectivity index (χ0n) is 18.0. The van der Waals surface area contributed by atoms with Crippen molar-refractivity contribution in [2.75, 3.05) is 6.35 Å². The molecule has 0 aliphatic carbocycles. The lowest BCUT2D eigenvalue weighted by Gasteiger charge is -2.28. The van der Waals surface area contributed by atoms with E-state index in [1.165, 1.54) is 10.9 Å². The minimum Gasteiger partial charge on any atom is -0.490 e. The Bertz CT molecular complexity index is 784. The fourth-order valence-electron chi connectivity index (χ4n) is 3.33. The predicted octanol–water partition coefficient (Wildman–Crippen LogP) is 6.30. The first-order valence-corrected chi connectivity index (χ1v) is 11.2. The molecule has 0 N–H and O–H groups in total. The molecule has 0 bridgehead atoms. The molecular weight excluding hydrogens is 387 g/mol. The standard InChI is InChI=1S/C23H31O3P.H2S/c1-15(2)25-18-11-9-12-19(26-16(3)4)21(18)17-10-8-13-20-22(17)27(14-24-20)23(5,6)7;/h8-13,15-16H,14H2,1-7H3;1H2/t27-;/m0./s1. The fraction of sp³-hybridized carbons (Fsp3) is 0.478. The van der Waals surface area contributed by atoms with Crippen molar-refractivity contribution in [1.29, 1.82) is 0 Å². The molecule has 0 saturated carbocycles. The van der Waals surface area contributed by atoms with Gasteiger partial charge in [0.05, 0.1) is 17.8 Å². The second-order valence-electron chi connectivity index (χ2n) is 8.49. The summed E-state index contributed by atoms with van der Waals surface area (Å²) in [5.74, 6) is 2.74. The first kappa shape index (κ1) is 22.9. The number of hydrogen-bond donors (Lipinski definition) is 0. The molecule has 0 aromatic heterocycles. The van der Waals surface area contributed by atoms with E-state index < -0.39 is 7.92 Å². The Morgan fingerprint density at radius 3 is 1.93 bits per heavy atom. The number of fused-ring (bicyclic) bond motifs is 1. The third-order valence-electron chi connectivity index (χ3n) is 4.41. The first-order valence-electron chi connectivity index (χ1n) is 9.68. The van der Waals surface area contributed by atoms with Crippen molar-refractivity contribution >= 4 is 26.7 Å². The summed E-state index contributed by atoms with van der Waals surface area (Å²) in [5, 5.41) is 1.50. The van der Waals surface area contributed by atoms with Gasteiger partial charge in [-0.3, -0.25) is 0 Å². The Kier molecular flexibility index (Phi) is 7.33. The molecule has 28 heavy (non-hydrogen) atoms. The number of rotatable bonds is 5. The Labute approximate surface area is 178 Å². The van der Waals surface area contributed by atoms with Crippen LogP contribution in [0.4, 0.5) is 0 Å². The molecule has 2 aromatic rings. The molecule has 1 heterocycles. The van der Waals surface area contributed by atoms with Crippen LogP contribution in [0.5, 0.6) is 17.2 Å². The SMILES string of the molecule is CC(C)Oc1cccc(OC(C)C)c1-c1cccc2c1[P@@](C(C)(C)C)CO2.S. The fourth-order valence-corrected chi connectivity index (χ4v) is 5.67. The molecule has 1 aliphatic rings. The summed E-state index contributed by atoms with van der Waals surface area (Å²) in [6.07, 6.45) is 0.962. The van der Waals surface area contributed by atoms with E-state index in [1.807, 2.05) is 18.2 Å². The van der Waals surface area contributed by atoms with Crippen molar-refractivity contribution in [3.8, 4) is 28.4 Å². The van der Waals surface area contributed by atoms with Gasteiger partial charge in [0.15, 0.2) is 0 Å². The van der Waals surface area contributed by atoms with E-state index in [9.17, 15) is 0 Å². The molecule has 0 saturated heterocycles. The molecule has 1 aliphatic heterocycles. The molecule has 0 radical (unpaired) electrons. The highest BCUT2D eigenvalue weighted by Gasteiger charge is 2.36. The van der Waals surface area contributed by atoms with Crippen LogP contribution in [-0.4, -0.2) is 23.7 Å². The van der Waals surface area contributed by atoms with E-state index in [2.05, 4.69) is 66.7 Å². The normalized spacial score (nSPS) is 15.8. The summed E-state index contributed by atoms with van der Waals surface area (Å²) in [5.41, 5.74) is 2.22. The van der Waals surface area contributed by atoms with Crippen LogP contribution < -0.4 is 19.5 Å². The summed E-state index contributed by atoms with van der Waals surface area (Å²) in [4.78, 5) is 0. The minimum atomic E-state index is -0.445.